The van der Waals surface area contributed by atoms with Crippen LogP contribution in [0.4, 0.5) is 0 Å². The van der Waals surface area contributed by atoms with Crippen LogP contribution in [0.2, 0.25) is 0 Å². The molecule has 1 saturated carbocycles. The minimum Gasteiger partial charge on any atom is -0.340 e. The molecule has 2 N–H and O–H groups in total. The highest BCUT2D eigenvalue weighted by Crippen LogP contribution is 2.39. The molecule has 1 saturated heterocycles. The number of aromatic nitrogens is 2. The Hall–Kier alpha value is -2.21. The minimum atomic E-state index is -1.03. The van der Waals surface area contributed by atoms with Gasteiger partial charge in [0.15, 0.2) is 5.82 Å². The van der Waals surface area contributed by atoms with E-state index in [2.05, 4.69) is 10.1 Å². The van der Waals surface area contributed by atoms with Gasteiger partial charge >= 0.3 is 0 Å². The van der Waals surface area contributed by atoms with Crippen molar-refractivity contribution in [2.24, 2.45) is 5.73 Å². The number of piperidine rings is 1. The zero-order chi connectivity index (χ0) is 17.4. The Balaban J connectivity index is 1.49. The lowest BCUT2D eigenvalue weighted by molar-refractivity contribution is -0.138. The third-order valence-electron chi connectivity index (χ3n) is 5.28. The van der Waals surface area contributed by atoms with Gasteiger partial charge in [-0.3, -0.25) is 4.79 Å². The summed E-state index contributed by atoms with van der Waals surface area (Å²) >= 11 is 0. The van der Waals surface area contributed by atoms with Gasteiger partial charge in [0, 0.05) is 24.9 Å². The zero-order valence-corrected chi connectivity index (χ0v) is 14.5. The molecule has 25 heavy (non-hydrogen) atoms. The van der Waals surface area contributed by atoms with Gasteiger partial charge in [-0.2, -0.15) is 4.98 Å². The van der Waals surface area contributed by atoms with Crippen LogP contribution >= 0.6 is 0 Å². The van der Waals surface area contributed by atoms with Gasteiger partial charge in [0.1, 0.15) is 5.54 Å². The van der Waals surface area contributed by atoms with Crippen molar-refractivity contribution in [1.29, 1.82) is 0 Å². The number of rotatable bonds is 4. The van der Waals surface area contributed by atoms with E-state index in [1.165, 1.54) is 0 Å². The van der Waals surface area contributed by atoms with Crippen molar-refractivity contribution in [2.75, 3.05) is 13.1 Å². The highest BCUT2D eigenvalue weighted by Gasteiger charge is 2.38. The average molecular weight is 340 g/mol. The molecule has 2 aliphatic rings. The lowest BCUT2D eigenvalue weighted by Gasteiger charge is -2.36. The van der Waals surface area contributed by atoms with Crippen LogP contribution in [0.5, 0.6) is 0 Å². The van der Waals surface area contributed by atoms with E-state index >= 15 is 0 Å². The third-order valence-corrected chi connectivity index (χ3v) is 5.28. The van der Waals surface area contributed by atoms with Gasteiger partial charge in [-0.1, -0.05) is 35.5 Å². The van der Waals surface area contributed by atoms with E-state index in [4.69, 9.17) is 10.3 Å². The molecule has 2 atom stereocenters. The van der Waals surface area contributed by atoms with Gasteiger partial charge in [-0.05, 0) is 38.2 Å². The Kier molecular flexibility index (Phi) is 4.07. The van der Waals surface area contributed by atoms with Crippen molar-refractivity contribution in [3.05, 3.63) is 47.6 Å². The van der Waals surface area contributed by atoms with Crippen LogP contribution in [0.15, 0.2) is 34.9 Å². The number of hydrogen-bond acceptors (Lipinski definition) is 5. The summed E-state index contributed by atoms with van der Waals surface area (Å²) in [4.78, 5) is 19.5. The second-order valence-corrected chi connectivity index (χ2v) is 7.42. The largest absolute Gasteiger partial charge is 0.340 e. The smallest absolute Gasteiger partial charge is 0.246 e. The fourth-order valence-corrected chi connectivity index (χ4v) is 3.52. The molecule has 6 nitrogen and oxygen atoms in total. The fraction of sp³-hybridized carbons (Fsp3) is 0.526. The zero-order valence-electron chi connectivity index (χ0n) is 14.5. The molecule has 132 valence electrons. The van der Waals surface area contributed by atoms with Gasteiger partial charge in [0.25, 0.3) is 0 Å². The third kappa shape index (κ3) is 3.18. The van der Waals surface area contributed by atoms with Crippen molar-refractivity contribution in [3.8, 4) is 0 Å². The summed E-state index contributed by atoms with van der Waals surface area (Å²) in [5.41, 5.74) is 6.21. The molecular formula is C19H24N4O2. The molecule has 2 fully saturated rings. The lowest BCUT2D eigenvalue weighted by Crippen LogP contribution is -2.53. The number of nitrogens with two attached hydrogens (primary N) is 1. The molecule has 2 unspecified atom stereocenters. The second-order valence-electron chi connectivity index (χ2n) is 7.42. The summed E-state index contributed by atoms with van der Waals surface area (Å²) in [7, 11) is 0. The van der Waals surface area contributed by atoms with Gasteiger partial charge in [-0.15, -0.1) is 0 Å². The monoisotopic (exact) mass is 340 g/mol. The number of amides is 1. The predicted molar refractivity (Wildman–Crippen MR) is 92.8 cm³/mol. The Bertz CT molecular complexity index is 752. The average Bonchev–Trinajstić information content (AvgIpc) is 3.38. The maximum atomic E-state index is 13.1. The van der Waals surface area contributed by atoms with Crippen LogP contribution in [-0.2, 0) is 10.3 Å². The normalized spacial score (nSPS) is 23.3. The first-order chi connectivity index (χ1) is 12.1. The first-order valence-corrected chi connectivity index (χ1v) is 9.03. The summed E-state index contributed by atoms with van der Waals surface area (Å²) < 4.78 is 5.38. The SMILES string of the molecule is CC(N)(C(=O)N1CCCC(c2noc(C3CC3)n2)C1)c1ccccc1. The van der Waals surface area contributed by atoms with E-state index in [0.717, 1.165) is 49.5 Å². The van der Waals surface area contributed by atoms with Crippen LogP contribution in [0.1, 0.15) is 61.7 Å². The maximum absolute atomic E-state index is 13.1. The van der Waals surface area contributed by atoms with Crippen LogP contribution in [0.3, 0.4) is 0 Å². The number of carbonyl (C=O) groups is 1. The van der Waals surface area contributed by atoms with Crippen LogP contribution in [0, 0.1) is 0 Å². The van der Waals surface area contributed by atoms with Crippen molar-refractivity contribution in [2.45, 2.75) is 50.0 Å². The summed E-state index contributed by atoms with van der Waals surface area (Å²) in [5.74, 6) is 2.02. The first-order valence-electron chi connectivity index (χ1n) is 9.03. The first kappa shape index (κ1) is 16.3. The summed E-state index contributed by atoms with van der Waals surface area (Å²) in [5, 5.41) is 4.16. The second kappa shape index (κ2) is 6.26. The van der Waals surface area contributed by atoms with E-state index in [1.807, 2.05) is 35.2 Å². The molecular weight excluding hydrogens is 316 g/mol. The summed E-state index contributed by atoms with van der Waals surface area (Å²) in [6, 6.07) is 9.55. The van der Waals surface area contributed by atoms with Crippen molar-refractivity contribution >= 4 is 5.91 Å². The van der Waals surface area contributed by atoms with Gasteiger partial charge < -0.3 is 15.2 Å². The highest BCUT2D eigenvalue weighted by atomic mass is 16.5. The molecule has 1 aromatic heterocycles. The molecule has 2 heterocycles. The Morgan fingerprint density at radius 1 is 1.24 bits per heavy atom. The molecule has 1 aliphatic carbocycles. The predicted octanol–water partition coefficient (Wildman–Crippen LogP) is 2.53. The van der Waals surface area contributed by atoms with Crippen molar-refractivity contribution in [1.82, 2.24) is 15.0 Å². The topological polar surface area (TPSA) is 85.3 Å². The number of hydrogen-bond donors (Lipinski definition) is 1. The summed E-state index contributed by atoms with van der Waals surface area (Å²) in [6.07, 6.45) is 4.17. The summed E-state index contributed by atoms with van der Waals surface area (Å²) in [6.45, 7) is 3.11. The van der Waals surface area contributed by atoms with E-state index in [0.29, 0.717) is 12.5 Å². The molecule has 0 bridgehead atoms. The van der Waals surface area contributed by atoms with E-state index in [1.54, 1.807) is 6.92 Å². The molecule has 0 spiro atoms. The number of likely N-dealkylation sites (tertiary alicyclic amines) is 1. The van der Waals surface area contributed by atoms with E-state index in [9.17, 15) is 4.79 Å². The molecule has 1 aromatic carbocycles. The maximum Gasteiger partial charge on any atom is 0.246 e. The number of nitrogens with zero attached hydrogens (tertiary/aromatic N) is 3. The Labute approximate surface area is 147 Å². The van der Waals surface area contributed by atoms with Crippen molar-refractivity contribution in [3.63, 3.8) is 0 Å². The standard InChI is InChI=1S/C19H24N4O2/c1-19(20,15-7-3-2-4-8-15)18(24)23-11-5-6-14(12-23)16-21-17(25-22-16)13-9-10-13/h2-4,7-8,13-14H,5-6,9-12,20H2,1H3. The van der Waals surface area contributed by atoms with Gasteiger partial charge in [0.2, 0.25) is 11.8 Å². The Morgan fingerprint density at radius 2 is 2.00 bits per heavy atom. The van der Waals surface area contributed by atoms with Crippen molar-refractivity contribution < 1.29 is 9.32 Å². The Morgan fingerprint density at radius 3 is 2.72 bits per heavy atom. The van der Waals surface area contributed by atoms with Crippen LogP contribution in [-0.4, -0.2) is 34.0 Å². The van der Waals surface area contributed by atoms with E-state index < -0.39 is 5.54 Å². The molecule has 2 aromatic rings. The highest BCUT2D eigenvalue weighted by molar-refractivity contribution is 5.87. The molecule has 1 amide bonds. The molecule has 6 heteroatoms. The quantitative estimate of drug-likeness (QED) is 0.924. The van der Waals surface area contributed by atoms with Gasteiger partial charge in [0.05, 0.1) is 0 Å². The molecule has 4 rings (SSSR count). The van der Waals surface area contributed by atoms with Crippen LogP contribution in [0.25, 0.3) is 0 Å². The number of carbonyl (C=O) groups excluding carboxylic acids is 1. The molecule has 0 radical (unpaired) electrons. The number of benzene rings is 1. The lowest BCUT2D eigenvalue weighted by atomic mass is 9.89. The van der Waals surface area contributed by atoms with Crippen LogP contribution < -0.4 is 5.73 Å². The fourth-order valence-electron chi connectivity index (χ4n) is 3.52. The molecule has 1 aliphatic heterocycles. The van der Waals surface area contributed by atoms with Gasteiger partial charge in [-0.25, -0.2) is 0 Å². The minimum absolute atomic E-state index is 0.0469. The van der Waals surface area contributed by atoms with E-state index in [-0.39, 0.29) is 11.8 Å².